The minimum absolute atomic E-state index is 0.0570. The quantitative estimate of drug-likeness (QED) is 0.629. The first-order valence-corrected chi connectivity index (χ1v) is 10.8. The van der Waals surface area contributed by atoms with Crippen LogP contribution in [0.1, 0.15) is 38.5 Å². The van der Waals surface area contributed by atoms with Crippen molar-refractivity contribution in [1.82, 2.24) is 5.32 Å². The van der Waals surface area contributed by atoms with Gasteiger partial charge < -0.3 is 10.4 Å². The summed E-state index contributed by atoms with van der Waals surface area (Å²) < 4.78 is 22.1. The highest BCUT2D eigenvalue weighted by Crippen LogP contribution is 2.40. The molecule has 0 aromatic rings. The Labute approximate surface area is 127 Å². The number of nitrogens with one attached hydrogen (secondary N) is 1. The van der Waals surface area contributed by atoms with E-state index in [4.69, 9.17) is 0 Å². The topological polar surface area (TPSA) is 66.4 Å². The van der Waals surface area contributed by atoms with E-state index in [1.807, 2.05) is 0 Å². The number of aliphatic hydroxyl groups is 1. The van der Waals surface area contributed by atoms with Gasteiger partial charge in [0.2, 0.25) is 0 Å². The zero-order valence-corrected chi connectivity index (χ0v) is 13.9. The Hall–Kier alpha value is 0.220. The van der Waals surface area contributed by atoms with Crippen LogP contribution in [0.25, 0.3) is 0 Å². The fraction of sp³-hybridized carbons (Fsp3) is 1.00. The molecular formula is C14H27NO3S2. The monoisotopic (exact) mass is 321 g/mol. The first-order chi connectivity index (χ1) is 9.45. The maximum atomic E-state index is 11.1. The summed E-state index contributed by atoms with van der Waals surface area (Å²) in [4.78, 5) is 0. The van der Waals surface area contributed by atoms with Crippen LogP contribution < -0.4 is 5.32 Å². The Balaban J connectivity index is 1.73. The normalized spacial score (nSPS) is 30.8. The van der Waals surface area contributed by atoms with Crippen LogP contribution in [-0.4, -0.2) is 55.2 Å². The van der Waals surface area contributed by atoms with E-state index in [0.717, 1.165) is 18.6 Å². The van der Waals surface area contributed by atoms with E-state index in [0.29, 0.717) is 17.7 Å². The highest BCUT2D eigenvalue weighted by atomic mass is 32.2. The predicted molar refractivity (Wildman–Crippen MR) is 85.0 cm³/mol. The first-order valence-electron chi connectivity index (χ1n) is 7.59. The Bertz CT molecular complexity index is 409. The van der Waals surface area contributed by atoms with E-state index >= 15 is 0 Å². The van der Waals surface area contributed by atoms with Gasteiger partial charge in [-0.15, -0.1) is 0 Å². The maximum Gasteiger partial charge on any atom is 0.148 e. The molecule has 2 atom stereocenters. The Morgan fingerprint density at radius 1 is 1.30 bits per heavy atom. The lowest BCUT2D eigenvalue weighted by Crippen LogP contribution is -2.52. The molecule has 0 spiro atoms. The number of thioether (sulfide) groups is 1. The van der Waals surface area contributed by atoms with Gasteiger partial charge in [-0.3, -0.25) is 0 Å². The van der Waals surface area contributed by atoms with Crippen molar-refractivity contribution in [2.45, 2.75) is 50.1 Å². The van der Waals surface area contributed by atoms with Crippen molar-refractivity contribution in [3.63, 3.8) is 0 Å². The molecule has 2 fully saturated rings. The number of rotatable bonds is 9. The van der Waals surface area contributed by atoms with Crippen molar-refractivity contribution >= 4 is 21.6 Å². The standard InChI is InChI=1S/C14H27NO3S2/c1-20(17,18)10-9-19-8-6-12-3-2-7-14(12,11-16)15-13-4-5-13/h12-13,15-16H,2-11H2,1H3. The van der Waals surface area contributed by atoms with E-state index in [1.54, 1.807) is 11.8 Å². The fourth-order valence-electron chi connectivity index (χ4n) is 3.18. The molecule has 2 N–H and O–H groups in total. The van der Waals surface area contributed by atoms with Crippen molar-refractivity contribution in [3.8, 4) is 0 Å². The van der Waals surface area contributed by atoms with Crippen LogP contribution in [0.2, 0.25) is 0 Å². The van der Waals surface area contributed by atoms with Gasteiger partial charge >= 0.3 is 0 Å². The van der Waals surface area contributed by atoms with E-state index in [9.17, 15) is 13.5 Å². The van der Waals surface area contributed by atoms with Gasteiger partial charge in [-0.1, -0.05) is 6.42 Å². The van der Waals surface area contributed by atoms with E-state index in [-0.39, 0.29) is 17.9 Å². The smallest absolute Gasteiger partial charge is 0.148 e. The molecule has 0 heterocycles. The zero-order chi connectivity index (χ0) is 14.6. The van der Waals surface area contributed by atoms with Gasteiger partial charge in [0, 0.05) is 23.6 Å². The minimum Gasteiger partial charge on any atom is -0.394 e. The average Bonchev–Trinajstić information content (AvgIpc) is 3.09. The highest BCUT2D eigenvalue weighted by molar-refractivity contribution is 8.00. The van der Waals surface area contributed by atoms with Gasteiger partial charge in [-0.05, 0) is 43.8 Å². The van der Waals surface area contributed by atoms with Crippen LogP contribution in [0.3, 0.4) is 0 Å². The summed E-state index contributed by atoms with van der Waals surface area (Å²) in [5.74, 6) is 2.49. The zero-order valence-electron chi connectivity index (χ0n) is 12.3. The summed E-state index contributed by atoms with van der Waals surface area (Å²) in [6.45, 7) is 0.238. The molecule has 118 valence electrons. The van der Waals surface area contributed by atoms with Gasteiger partial charge in [-0.25, -0.2) is 8.42 Å². The third kappa shape index (κ3) is 4.90. The van der Waals surface area contributed by atoms with E-state index in [2.05, 4.69) is 5.32 Å². The molecule has 2 aliphatic carbocycles. The van der Waals surface area contributed by atoms with Crippen LogP contribution in [0, 0.1) is 5.92 Å². The van der Waals surface area contributed by atoms with Crippen LogP contribution >= 0.6 is 11.8 Å². The second-order valence-electron chi connectivity index (χ2n) is 6.35. The SMILES string of the molecule is CS(=O)(=O)CCSCCC1CCCC1(CO)NC1CC1. The van der Waals surface area contributed by atoms with Crippen molar-refractivity contribution in [3.05, 3.63) is 0 Å². The van der Waals surface area contributed by atoms with E-state index in [1.165, 1.54) is 31.9 Å². The average molecular weight is 322 g/mol. The summed E-state index contributed by atoms with van der Waals surface area (Å²) in [5, 5.41) is 13.5. The minimum atomic E-state index is -2.83. The van der Waals surface area contributed by atoms with E-state index < -0.39 is 9.84 Å². The van der Waals surface area contributed by atoms with Gasteiger partial charge in [0.25, 0.3) is 0 Å². The number of hydrogen-bond donors (Lipinski definition) is 2. The summed E-state index contributed by atoms with van der Waals surface area (Å²) >= 11 is 1.72. The molecule has 0 aromatic heterocycles. The molecule has 6 heteroatoms. The Morgan fingerprint density at radius 3 is 2.65 bits per heavy atom. The summed E-state index contributed by atoms with van der Waals surface area (Å²) in [6.07, 6.45) is 8.33. The van der Waals surface area contributed by atoms with Gasteiger partial charge in [0.1, 0.15) is 9.84 Å². The molecule has 4 nitrogen and oxygen atoms in total. The molecule has 0 radical (unpaired) electrons. The molecule has 2 saturated carbocycles. The summed E-state index contributed by atoms with van der Waals surface area (Å²) in [5.41, 5.74) is -0.0570. The second-order valence-corrected chi connectivity index (χ2v) is 9.84. The lowest BCUT2D eigenvalue weighted by molar-refractivity contribution is 0.120. The lowest BCUT2D eigenvalue weighted by atomic mass is 9.85. The summed E-state index contributed by atoms with van der Waals surface area (Å²) in [6, 6.07) is 0.626. The van der Waals surface area contributed by atoms with Crippen molar-refractivity contribution in [1.29, 1.82) is 0 Å². The lowest BCUT2D eigenvalue weighted by Gasteiger charge is -2.35. The van der Waals surface area contributed by atoms with Crippen LogP contribution in [0.5, 0.6) is 0 Å². The first kappa shape index (κ1) is 16.6. The van der Waals surface area contributed by atoms with Gasteiger partial charge in [0.05, 0.1) is 12.4 Å². The molecule has 0 aliphatic heterocycles. The molecule has 2 aliphatic rings. The summed E-state index contributed by atoms with van der Waals surface area (Å²) in [7, 11) is -2.83. The third-order valence-electron chi connectivity index (χ3n) is 4.52. The number of hydrogen-bond acceptors (Lipinski definition) is 5. The second kappa shape index (κ2) is 6.99. The number of aliphatic hydroxyl groups excluding tert-OH is 1. The van der Waals surface area contributed by atoms with Gasteiger partial charge in [0.15, 0.2) is 0 Å². The fourth-order valence-corrected chi connectivity index (χ4v) is 5.52. The molecule has 0 amide bonds. The molecule has 20 heavy (non-hydrogen) atoms. The molecule has 0 aromatic carbocycles. The van der Waals surface area contributed by atoms with Crippen molar-refractivity contribution < 1.29 is 13.5 Å². The third-order valence-corrected chi connectivity index (χ3v) is 6.74. The molecule has 0 saturated heterocycles. The molecular weight excluding hydrogens is 294 g/mol. The van der Waals surface area contributed by atoms with Crippen molar-refractivity contribution in [2.24, 2.45) is 5.92 Å². The maximum absolute atomic E-state index is 11.1. The van der Waals surface area contributed by atoms with Crippen LogP contribution in [0.15, 0.2) is 0 Å². The van der Waals surface area contributed by atoms with Crippen LogP contribution in [0.4, 0.5) is 0 Å². The molecule has 0 bridgehead atoms. The highest BCUT2D eigenvalue weighted by Gasteiger charge is 2.44. The molecule has 2 rings (SSSR count). The van der Waals surface area contributed by atoms with Crippen LogP contribution in [-0.2, 0) is 9.84 Å². The Morgan fingerprint density at radius 2 is 2.05 bits per heavy atom. The van der Waals surface area contributed by atoms with Crippen molar-refractivity contribution in [2.75, 3.05) is 30.1 Å². The largest absolute Gasteiger partial charge is 0.394 e. The van der Waals surface area contributed by atoms with Gasteiger partial charge in [-0.2, -0.15) is 11.8 Å². The number of sulfone groups is 1. The Kier molecular flexibility index (Phi) is 5.79. The predicted octanol–water partition coefficient (Wildman–Crippen LogP) is 1.44. The molecule has 2 unspecified atom stereocenters.